The van der Waals surface area contributed by atoms with E-state index in [2.05, 4.69) is 35.4 Å². The van der Waals surface area contributed by atoms with E-state index < -0.39 is 0 Å². The predicted octanol–water partition coefficient (Wildman–Crippen LogP) is 3.26. The van der Waals surface area contributed by atoms with Gasteiger partial charge in [-0.15, -0.1) is 0 Å². The zero-order valence-corrected chi connectivity index (χ0v) is 9.64. The Morgan fingerprint density at radius 1 is 1.35 bits per heavy atom. The number of aromatic nitrogens is 1. The number of hydrogen-bond donors (Lipinski definition) is 1. The van der Waals surface area contributed by atoms with E-state index in [1.165, 1.54) is 5.56 Å². The van der Waals surface area contributed by atoms with Crippen LogP contribution in [0.1, 0.15) is 18.1 Å². The lowest BCUT2D eigenvalue weighted by Crippen LogP contribution is -1.95. The van der Waals surface area contributed by atoms with Crippen molar-refractivity contribution in [3.63, 3.8) is 0 Å². The minimum Gasteiger partial charge on any atom is -0.353 e. The number of nitriles is 1. The Morgan fingerprint density at radius 3 is 3.00 bits per heavy atom. The van der Waals surface area contributed by atoms with Gasteiger partial charge >= 0.3 is 0 Å². The second-order valence-electron chi connectivity index (χ2n) is 3.71. The number of aryl methyl sites for hydroxylation is 1. The van der Waals surface area contributed by atoms with Crippen molar-refractivity contribution in [3.8, 4) is 6.07 Å². The fraction of sp³-hybridized carbons (Fsp3) is 0.143. The monoisotopic (exact) mass is 223 g/mol. The number of benzene rings is 1. The van der Waals surface area contributed by atoms with Crippen molar-refractivity contribution in [2.75, 3.05) is 5.32 Å². The van der Waals surface area contributed by atoms with Gasteiger partial charge in [-0.05, 0) is 30.2 Å². The van der Waals surface area contributed by atoms with E-state index in [4.69, 9.17) is 5.26 Å². The van der Waals surface area contributed by atoms with Crippen LogP contribution in [-0.4, -0.2) is 4.98 Å². The van der Waals surface area contributed by atoms with Gasteiger partial charge in [0.1, 0.15) is 6.07 Å². The maximum absolute atomic E-state index is 8.98. The molecular weight excluding hydrogens is 210 g/mol. The summed E-state index contributed by atoms with van der Waals surface area (Å²) in [5.41, 5.74) is 3.58. The first-order valence-corrected chi connectivity index (χ1v) is 5.53. The van der Waals surface area contributed by atoms with Crippen LogP contribution >= 0.6 is 0 Å². The Balaban J connectivity index is 2.28. The molecule has 0 saturated heterocycles. The summed E-state index contributed by atoms with van der Waals surface area (Å²) in [5.74, 6) is 0. The number of anilines is 2. The zero-order chi connectivity index (χ0) is 12.1. The largest absolute Gasteiger partial charge is 0.353 e. The molecule has 0 spiro atoms. The summed E-state index contributed by atoms with van der Waals surface area (Å²) < 4.78 is 0. The Morgan fingerprint density at radius 2 is 2.24 bits per heavy atom. The fourth-order valence-electron chi connectivity index (χ4n) is 1.62. The zero-order valence-electron chi connectivity index (χ0n) is 9.64. The van der Waals surface area contributed by atoms with Crippen LogP contribution in [0, 0.1) is 11.3 Å². The second-order valence-corrected chi connectivity index (χ2v) is 3.71. The summed E-state index contributed by atoms with van der Waals surface area (Å²) in [6.07, 6.45) is 4.27. The Bertz CT molecular complexity index is 555. The van der Waals surface area contributed by atoms with Crippen molar-refractivity contribution in [2.45, 2.75) is 13.3 Å². The van der Waals surface area contributed by atoms with E-state index in [1.807, 2.05) is 12.1 Å². The summed E-state index contributed by atoms with van der Waals surface area (Å²) in [6, 6.07) is 12.0. The predicted molar refractivity (Wildman–Crippen MR) is 68.1 cm³/mol. The summed E-state index contributed by atoms with van der Waals surface area (Å²) in [6.45, 7) is 2.11. The van der Waals surface area contributed by atoms with Gasteiger partial charge in [-0.1, -0.05) is 19.1 Å². The van der Waals surface area contributed by atoms with E-state index in [-0.39, 0.29) is 0 Å². The van der Waals surface area contributed by atoms with Crippen molar-refractivity contribution >= 4 is 11.4 Å². The molecule has 2 rings (SSSR count). The molecule has 0 radical (unpaired) electrons. The van der Waals surface area contributed by atoms with Gasteiger partial charge < -0.3 is 5.32 Å². The van der Waals surface area contributed by atoms with Gasteiger partial charge in [-0.2, -0.15) is 5.26 Å². The van der Waals surface area contributed by atoms with Crippen molar-refractivity contribution in [1.82, 2.24) is 4.98 Å². The SMILES string of the molecule is CCc1cccc(Nc2cnccc2C#N)c1. The molecule has 1 aromatic heterocycles. The topological polar surface area (TPSA) is 48.7 Å². The Hall–Kier alpha value is -2.34. The average molecular weight is 223 g/mol. The summed E-state index contributed by atoms with van der Waals surface area (Å²) in [7, 11) is 0. The summed E-state index contributed by atoms with van der Waals surface area (Å²) in [5, 5.41) is 12.2. The van der Waals surface area contributed by atoms with Crippen LogP contribution in [0.15, 0.2) is 42.7 Å². The van der Waals surface area contributed by atoms with E-state index in [9.17, 15) is 0 Å². The van der Waals surface area contributed by atoms with E-state index in [0.29, 0.717) is 5.56 Å². The van der Waals surface area contributed by atoms with Crippen LogP contribution in [0.5, 0.6) is 0 Å². The first kappa shape index (κ1) is 11.2. The van der Waals surface area contributed by atoms with Crippen LogP contribution in [0.3, 0.4) is 0 Å². The molecule has 0 aliphatic heterocycles. The lowest BCUT2D eigenvalue weighted by Gasteiger charge is -2.08. The number of rotatable bonds is 3. The van der Waals surface area contributed by atoms with Gasteiger partial charge in [0, 0.05) is 11.9 Å². The molecule has 0 atom stereocenters. The summed E-state index contributed by atoms with van der Waals surface area (Å²) >= 11 is 0. The van der Waals surface area contributed by atoms with E-state index >= 15 is 0 Å². The van der Waals surface area contributed by atoms with Crippen LogP contribution in [0.25, 0.3) is 0 Å². The third-order valence-corrected chi connectivity index (χ3v) is 2.56. The van der Waals surface area contributed by atoms with Crippen LogP contribution in [0.2, 0.25) is 0 Å². The van der Waals surface area contributed by atoms with Gasteiger partial charge in [-0.3, -0.25) is 4.98 Å². The molecule has 3 heteroatoms. The minimum atomic E-state index is 0.599. The number of hydrogen-bond acceptors (Lipinski definition) is 3. The van der Waals surface area contributed by atoms with Crippen molar-refractivity contribution < 1.29 is 0 Å². The highest BCUT2D eigenvalue weighted by molar-refractivity contribution is 5.65. The van der Waals surface area contributed by atoms with Crippen molar-refractivity contribution in [3.05, 3.63) is 53.9 Å². The molecule has 0 amide bonds. The molecule has 17 heavy (non-hydrogen) atoms. The molecule has 0 aliphatic rings. The molecular formula is C14H13N3. The third-order valence-electron chi connectivity index (χ3n) is 2.56. The lowest BCUT2D eigenvalue weighted by atomic mass is 10.1. The maximum Gasteiger partial charge on any atom is 0.101 e. The minimum absolute atomic E-state index is 0.599. The molecule has 84 valence electrons. The van der Waals surface area contributed by atoms with Crippen molar-refractivity contribution in [2.24, 2.45) is 0 Å². The normalized spacial score (nSPS) is 9.65. The van der Waals surface area contributed by atoms with Gasteiger partial charge in [0.25, 0.3) is 0 Å². The average Bonchev–Trinajstić information content (AvgIpc) is 2.39. The maximum atomic E-state index is 8.98. The Kier molecular flexibility index (Phi) is 3.37. The van der Waals surface area contributed by atoms with E-state index in [0.717, 1.165) is 17.8 Å². The lowest BCUT2D eigenvalue weighted by molar-refractivity contribution is 1.14. The smallest absolute Gasteiger partial charge is 0.101 e. The van der Waals surface area contributed by atoms with E-state index in [1.54, 1.807) is 18.5 Å². The summed E-state index contributed by atoms with van der Waals surface area (Å²) in [4.78, 5) is 4.02. The quantitative estimate of drug-likeness (QED) is 0.868. The second kappa shape index (κ2) is 5.13. The highest BCUT2D eigenvalue weighted by Crippen LogP contribution is 2.20. The van der Waals surface area contributed by atoms with Crippen LogP contribution in [0.4, 0.5) is 11.4 Å². The highest BCUT2D eigenvalue weighted by atomic mass is 14.9. The molecule has 3 nitrogen and oxygen atoms in total. The van der Waals surface area contributed by atoms with Gasteiger partial charge in [-0.25, -0.2) is 0 Å². The molecule has 0 bridgehead atoms. The molecule has 1 N–H and O–H groups in total. The highest BCUT2D eigenvalue weighted by Gasteiger charge is 2.01. The standard InChI is InChI=1S/C14H13N3/c1-2-11-4-3-5-13(8-11)17-14-10-16-7-6-12(14)9-15/h3-8,10,17H,2H2,1H3. The first-order valence-electron chi connectivity index (χ1n) is 5.53. The number of nitrogens with one attached hydrogen (secondary N) is 1. The molecule has 2 aromatic rings. The van der Waals surface area contributed by atoms with Gasteiger partial charge in [0.15, 0.2) is 0 Å². The van der Waals surface area contributed by atoms with Gasteiger partial charge in [0.05, 0.1) is 17.4 Å². The van der Waals surface area contributed by atoms with Crippen LogP contribution < -0.4 is 5.32 Å². The molecule has 0 saturated carbocycles. The molecule has 1 aromatic carbocycles. The molecule has 0 aliphatic carbocycles. The molecule has 0 unspecified atom stereocenters. The van der Waals surface area contributed by atoms with Crippen LogP contribution in [-0.2, 0) is 6.42 Å². The van der Waals surface area contributed by atoms with Gasteiger partial charge in [0.2, 0.25) is 0 Å². The first-order chi connectivity index (χ1) is 8.33. The Labute approximate surface area is 101 Å². The fourth-order valence-corrected chi connectivity index (χ4v) is 1.62. The number of pyridine rings is 1. The molecule has 1 heterocycles. The third kappa shape index (κ3) is 2.61. The number of nitrogens with zero attached hydrogens (tertiary/aromatic N) is 2. The molecule has 0 fully saturated rings. The van der Waals surface area contributed by atoms with Crippen molar-refractivity contribution in [1.29, 1.82) is 5.26 Å².